The maximum absolute atomic E-state index is 12.0. The second-order valence-corrected chi connectivity index (χ2v) is 5.05. The molecule has 0 aliphatic carbocycles. The van der Waals surface area contributed by atoms with Crippen molar-refractivity contribution in [3.8, 4) is 0 Å². The topological polar surface area (TPSA) is 113 Å². The molecule has 1 N–H and O–H groups in total. The van der Waals surface area contributed by atoms with Crippen molar-refractivity contribution in [1.82, 2.24) is 5.32 Å². The number of azide groups is 1. The zero-order chi connectivity index (χ0) is 19.6. The molecule has 0 aliphatic heterocycles. The summed E-state index contributed by atoms with van der Waals surface area (Å²) < 4.78 is 46.1. The highest BCUT2D eigenvalue weighted by atomic mass is 19.4. The van der Waals surface area contributed by atoms with E-state index < -0.39 is 24.3 Å². The summed E-state index contributed by atoms with van der Waals surface area (Å²) in [5, 5.41) is 5.13. The fourth-order valence-electron chi connectivity index (χ4n) is 1.86. The molecule has 0 radical (unpaired) electrons. The fraction of sp³-hybridized carbons (Fsp3) is 0.467. The molecule has 1 rings (SSSR count). The van der Waals surface area contributed by atoms with Gasteiger partial charge in [0.1, 0.15) is 6.23 Å². The molecule has 26 heavy (non-hydrogen) atoms. The average molecular weight is 374 g/mol. The van der Waals surface area contributed by atoms with Crippen molar-refractivity contribution in [1.29, 1.82) is 0 Å². The third-order valence-corrected chi connectivity index (χ3v) is 3.17. The standard InChI is InChI=1S/C15H17F3N4O4/c1-25-13(23)11-6-4-10(5-7-11)9-26-12(21-22-19)3-2-8-20-14(24)15(16,17)18/h4-7,12H,2-3,8-9H2,1H3,(H,20,24). The van der Waals surface area contributed by atoms with E-state index in [-0.39, 0.29) is 26.0 Å². The Bertz CT molecular complexity index is 658. The summed E-state index contributed by atoms with van der Waals surface area (Å²) in [7, 11) is 1.26. The van der Waals surface area contributed by atoms with Crippen LogP contribution in [0.3, 0.4) is 0 Å². The average Bonchev–Trinajstić information content (AvgIpc) is 2.61. The molecule has 1 aromatic rings. The molecule has 0 bridgehead atoms. The highest BCUT2D eigenvalue weighted by Gasteiger charge is 2.38. The molecule has 1 atom stereocenters. The van der Waals surface area contributed by atoms with Gasteiger partial charge in [-0.1, -0.05) is 17.2 Å². The summed E-state index contributed by atoms with van der Waals surface area (Å²) in [5.41, 5.74) is 9.58. The van der Waals surface area contributed by atoms with Gasteiger partial charge < -0.3 is 14.8 Å². The lowest BCUT2D eigenvalue weighted by Crippen LogP contribution is -2.37. The number of methoxy groups -OCH3 is 1. The van der Waals surface area contributed by atoms with Crippen molar-refractivity contribution in [2.24, 2.45) is 5.11 Å². The van der Waals surface area contributed by atoms with E-state index in [2.05, 4.69) is 14.8 Å². The van der Waals surface area contributed by atoms with Gasteiger partial charge in [-0.25, -0.2) is 4.79 Å². The van der Waals surface area contributed by atoms with Crippen LogP contribution in [0.15, 0.2) is 29.4 Å². The monoisotopic (exact) mass is 374 g/mol. The number of esters is 1. The van der Waals surface area contributed by atoms with Crippen molar-refractivity contribution < 1.29 is 32.2 Å². The van der Waals surface area contributed by atoms with Gasteiger partial charge in [0.15, 0.2) is 0 Å². The quantitative estimate of drug-likeness (QED) is 0.235. The van der Waals surface area contributed by atoms with Crippen LogP contribution >= 0.6 is 0 Å². The Balaban J connectivity index is 2.44. The molecule has 0 saturated carbocycles. The van der Waals surface area contributed by atoms with Crippen molar-refractivity contribution in [3.05, 3.63) is 45.8 Å². The molecule has 8 nitrogen and oxygen atoms in total. The van der Waals surface area contributed by atoms with Gasteiger partial charge in [0.05, 0.1) is 19.3 Å². The van der Waals surface area contributed by atoms with E-state index in [1.807, 2.05) is 0 Å². The van der Waals surface area contributed by atoms with E-state index in [1.165, 1.54) is 7.11 Å². The van der Waals surface area contributed by atoms with Crippen LogP contribution in [0.25, 0.3) is 10.4 Å². The van der Waals surface area contributed by atoms with E-state index in [9.17, 15) is 22.8 Å². The van der Waals surface area contributed by atoms with Gasteiger partial charge in [0.2, 0.25) is 0 Å². The molecule has 0 aliphatic rings. The van der Waals surface area contributed by atoms with Crippen molar-refractivity contribution in [3.63, 3.8) is 0 Å². The Kier molecular flexibility index (Phi) is 8.40. The molecule has 0 heterocycles. The lowest BCUT2D eigenvalue weighted by molar-refractivity contribution is -0.173. The van der Waals surface area contributed by atoms with Crippen LogP contribution in [-0.4, -0.2) is 37.9 Å². The van der Waals surface area contributed by atoms with E-state index in [4.69, 9.17) is 10.3 Å². The van der Waals surface area contributed by atoms with Crippen LogP contribution < -0.4 is 5.32 Å². The number of hydrogen-bond acceptors (Lipinski definition) is 5. The van der Waals surface area contributed by atoms with Crippen LogP contribution in [0.4, 0.5) is 13.2 Å². The van der Waals surface area contributed by atoms with Gasteiger partial charge in [-0.3, -0.25) is 4.79 Å². The van der Waals surface area contributed by atoms with E-state index in [0.717, 1.165) is 0 Å². The summed E-state index contributed by atoms with van der Waals surface area (Å²) in [6, 6.07) is 6.34. The lowest BCUT2D eigenvalue weighted by Gasteiger charge is -2.13. The molecule has 1 unspecified atom stereocenters. The minimum absolute atomic E-state index is 0.0695. The number of carbonyl (C=O) groups excluding carboxylic acids is 2. The summed E-state index contributed by atoms with van der Waals surface area (Å²) in [5.74, 6) is -2.50. The number of amides is 1. The number of nitrogens with one attached hydrogen (secondary N) is 1. The first kappa shape index (κ1) is 21.3. The molecule has 1 aromatic carbocycles. The van der Waals surface area contributed by atoms with E-state index in [1.54, 1.807) is 29.6 Å². The Labute approximate surface area is 146 Å². The van der Waals surface area contributed by atoms with Crippen molar-refractivity contribution in [2.75, 3.05) is 13.7 Å². The van der Waals surface area contributed by atoms with Crippen LogP contribution in [0, 0.1) is 0 Å². The van der Waals surface area contributed by atoms with Crippen LogP contribution in [0.2, 0.25) is 0 Å². The number of rotatable bonds is 9. The number of benzene rings is 1. The van der Waals surface area contributed by atoms with Crippen LogP contribution in [0.5, 0.6) is 0 Å². The Hall–Kier alpha value is -2.78. The van der Waals surface area contributed by atoms with Crippen molar-refractivity contribution >= 4 is 11.9 Å². The van der Waals surface area contributed by atoms with Gasteiger partial charge in [-0.05, 0) is 36.1 Å². The molecule has 0 spiro atoms. The summed E-state index contributed by atoms with van der Waals surface area (Å²) in [4.78, 5) is 24.6. The highest BCUT2D eigenvalue weighted by Crippen LogP contribution is 2.14. The van der Waals surface area contributed by atoms with Crippen LogP contribution in [0.1, 0.15) is 28.8 Å². The summed E-state index contributed by atoms with van der Waals surface area (Å²) in [6.45, 7) is -0.160. The van der Waals surface area contributed by atoms with Crippen molar-refractivity contribution in [2.45, 2.75) is 31.9 Å². The number of nitrogens with zero attached hydrogens (tertiary/aromatic N) is 3. The largest absolute Gasteiger partial charge is 0.471 e. The summed E-state index contributed by atoms with van der Waals surface area (Å²) in [6.07, 6.45) is -5.57. The third kappa shape index (κ3) is 7.41. The number of alkyl halides is 3. The van der Waals surface area contributed by atoms with Gasteiger partial charge in [-0.15, -0.1) is 0 Å². The van der Waals surface area contributed by atoms with E-state index >= 15 is 0 Å². The Morgan fingerprint density at radius 2 is 1.96 bits per heavy atom. The first-order valence-corrected chi connectivity index (χ1v) is 7.46. The lowest BCUT2D eigenvalue weighted by atomic mass is 10.1. The second-order valence-electron chi connectivity index (χ2n) is 5.05. The van der Waals surface area contributed by atoms with Gasteiger partial charge in [0.25, 0.3) is 0 Å². The van der Waals surface area contributed by atoms with Gasteiger partial charge in [0, 0.05) is 11.5 Å². The minimum Gasteiger partial charge on any atom is -0.465 e. The Morgan fingerprint density at radius 3 is 2.50 bits per heavy atom. The molecule has 1 amide bonds. The van der Waals surface area contributed by atoms with Gasteiger partial charge >= 0.3 is 18.1 Å². The molecule has 11 heteroatoms. The predicted molar refractivity (Wildman–Crippen MR) is 83.8 cm³/mol. The smallest absolute Gasteiger partial charge is 0.465 e. The number of carbonyl (C=O) groups is 2. The second kappa shape index (κ2) is 10.3. The number of halogens is 3. The fourth-order valence-corrected chi connectivity index (χ4v) is 1.86. The summed E-state index contributed by atoms with van der Waals surface area (Å²) >= 11 is 0. The first-order valence-electron chi connectivity index (χ1n) is 7.46. The highest BCUT2D eigenvalue weighted by molar-refractivity contribution is 5.89. The zero-order valence-corrected chi connectivity index (χ0v) is 13.8. The molecule has 0 fully saturated rings. The molecule has 0 aromatic heterocycles. The zero-order valence-electron chi connectivity index (χ0n) is 13.8. The maximum Gasteiger partial charge on any atom is 0.471 e. The Morgan fingerprint density at radius 1 is 1.31 bits per heavy atom. The molecular formula is C15H17F3N4O4. The predicted octanol–water partition coefficient (Wildman–Crippen LogP) is 3.08. The molecule has 0 saturated heterocycles. The normalized spacial score (nSPS) is 12.0. The van der Waals surface area contributed by atoms with E-state index in [0.29, 0.717) is 11.1 Å². The van der Waals surface area contributed by atoms with Gasteiger partial charge in [-0.2, -0.15) is 13.2 Å². The SMILES string of the molecule is COC(=O)c1ccc(COC(CCCNC(=O)C(F)(F)F)N=[N+]=[N-])cc1. The number of hydrogen-bond donors (Lipinski definition) is 1. The molecular weight excluding hydrogens is 357 g/mol. The maximum atomic E-state index is 12.0. The third-order valence-electron chi connectivity index (χ3n) is 3.17. The number of ether oxygens (including phenoxy) is 2. The minimum atomic E-state index is -4.93. The van der Waals surface area contributed by atoms with Crippen LogP contribution in [-0.2, 0) is 20.9 Å². The first-order chi connectivity index (χ1) is 12.3. The molecule has 142 valence electrons.